The first-order valence-electron chi connectivity index (χ1n) is 8.33. The zero-order valence-corrected chi connectivity index (χ0v) is 14.7. The largest absolute Gasteiger partial charge is 0.494 e. The fourth-order valence-electron chi connectivity index (χ4n) is 2.41. The maximum absolute atomic E-state index is 12.7. The van der Waals surface area contributed by atoms with Gasteiger partial charge >= 0.3 is 0 Å². The summed E-state index contributed by atoms with van der Waals surface area (Å²) in [6.07, 6.45) is 1.57. The second-order valence-corrected chi connectivity index (χ2v) is 5.55. The molecule has 1 heterocycles. The van der Waals surface area contributed by atoms with E-state index >= 15 is 0 Å². The molecule has 6 nitrogen and oxygen atoms in total. The molecule has 0 saturated heterocycles. The van der Waals surface area contributed by atoms with Crippen molar-refractivity contribution in [2.75, 3.05) is 23.9 Å². The highest BCUT2D eigenvalue weighted by Crippen LogP contribution is 2.19. The highest BCUT2D eigenvalue weighted by Gasteiger charge is 2.15. The van der Waals surface area contributed by atoms with Gasteiger partial charge < -0.3 is 15.0 Å². The molecule has 1 aromatic heterocycles. The second-order valence-electron chi connectivity index (χ2n) is 5.55. The third kappa shape index (κ3) is 4.16. The minimum atomic E-state index is -0.201. The van der Waals surface area contributed by atoms with E-state index in [1.54, 1.807) is 24.2 Å². The molecule has 0 unspecified atom stereocenters. The van der Waals surface area contributed by atoms with Crippen LogP contribution in [0.4, 0.5) is 17.3 Å². The normalized spacial score (nSPS) is 10.2. The minimum absolute atomic E-state index is 0.201. The Morgan fingerprint density at radius 1 is 1.08 bits per heavy atom. The topological polar surface area (TPSA) is 67.3 Å². The number of carbonyl (C=O) groups is 1. The summed E-state index contributed by atoms with van der Waals surface area (Å²) in [5.74, 6) is 0.960. The molecule has 0 aliphatic heterocycles. The molecular weight excluding hydrogens is 328 g/mol. The van der Waals surface area contributed by atoms with Gasteiger partial charge in [0.05, 0.1) is 6.61 Å². The smallest absolute Gasteiger partial charge is 0.276 e. The summed E-state index contributed by atoms with van der Waals surface area (Å²) in [4.78, 5) is 22.7. The Morgan fingerprint density at radius 2 is 1.81 bits per heavy atom. The summed E-state index contributed by atoms with van der Waals surface area (Å²) in [6.45, 7) is 2.56. The predicted molar refractivity (Wildman–Crippen MR) is 102 cm³/mol. The van der Waals surface area contributed by atoms with Crippen LogP contribution in [-0.4, -0.2) is 29.5 Å². The van der Waals surface area contributed by atoms with Crippen molar-refractivity contribution in [3.05, 3.63) is 72.6 Å². The zero-order chi connectivity index (χ0) is 18.4. The summed E-state index contributed by atoms with van der Waals surface area (Å²) in [5.41, 5.74) is 1.94. The van der Waals surface area contributed by atoms with Crippen LogP contribution in [0.15, 0.2) is 66.9 Å². The van der Waals surface area contributed by atoms with Crippen LogP contribution in [0.1, 0.15) is 17.4 Å². The maximum Gasteiger partial charge on any atom is 0.276 e. The number of nitrogens with one attached hydrogen (secondary N) is 1. The summed E-state index contributed by atoms with van der Waals surface area (Å²) in [5, 5.41) is 3.10. The molecule has 3 rings (SSSR count). The van der Waals surface area contributed by atoms with Gasteiger partial charge in [-0.3, -0.25) is 4.79 Å². The molecule has 0 spiro atoms. The lowest BCUT2D eigenvalue weighted by atomic mass is 10.2. The lowest BCUT2D eigenvalue weighted by Crippen LogP contribution is -2.27. The molecule has 0 aliphatic carbocycles. The highest BCUT2D eigenvalue weighted by atomic mass is 16.5. The number of rotatable bonds is 6. The third-order valence-electron chi connectivity index (χ3n) is 3.74. The summed E-state index contributed by atoms with van der Waals surface area (Å²) in [7, 11) is 1.72. The van der Waals surface area contributed by atoms with Crippen LogP contribution in [-0.2, 0) is 0 Å². The van der Waals surface area contributed by atoms with E-state index in [4.69, 9.17) is 4.74 Å². The van der Waals surface area contributed by atoms with E-state index in [2.05, 4.69) is 15.3 Å². The van der Waals surface area contributed by atoms with Crippen molar-refractivity contribution in [3.63, 3.8) is 0 Å². The van der Waals surface area contributed by atoms with Gasteiger partial charge in [0, 0.05) is 24.6 Å². The Kier molecular flexibility index (Phi) is 5.43. The van der Waals surface area contributed by atoms with E-state index in [1.807, 2.05) is 61.5 Å². The predicted octanol–water partition coefficient (Wildman–Crippen LogP) is 3.90. The lowest BCUT2D eigenvalue weighted by Gasteiger charge is -2.17. The van der Waals surface area contributed by atoms with Crippen LogP contribution in [0, 0.1) is 0 Å². The highest BCUT2D eigenvalue weighted by molar-refractivity contribution is 6.04. The van der Waals surface area contributed by atoms with Gasteiger partial charge in [-0.1, -0.05) is 18.2 Å². The van der Waals surface area contributed by atoms with Gasteiger partial charge in [0.15, 0.2) is 0 Å². The van der Waals surface area contributed by atoms with Crippen molar-refractivity contribution >= 4 is 23.2 Å². The Hall–Kier alpha value is -3.41. The van der Waals surface area contributed by atoms with Crippen molar-refractivity contribution in [2.24, 2.45) is 0 Å². The molecule has 2 aromatic carbocycles. The van der Waals surface area contributed by atoms with Crippen molar-refractivity contribution < 1.29 is 9.53 Å². The van der Waals surface area contributed by atoms with E-state index in [0.717, 1.165) is 17.1 Å². The van der Waals surface area contributed by atoms with Crippen molar-refractivity contribution in [1.82, 2.24) is 9.97 Å². The average Bonchev–Trinajstić information content (AvgIpc) is 2.69. The van der Waals surface area contributed by atoms with E-state index in [-0.39, 0.29) is 5.91 Å². The Bertz CT molecular complexity index is 866. The first kappa shape index (κ1) is 17.4. The van der Waals surface area contributed by atoms with Gasteiger partial charge in [0.2, 0.25) is 5.95 Å². The Balaban J connectivity index is 1.74. The molecule has 3 aromatic rings. The molecule has 0 atom stereocenters. The molecule has 26 heavy (non-hydrogen) atoms. The first-order chi connectivity index (χ1) is 12.7. The van der Waals surface area contributed by atoms with Crippen LogP contribution in [0.3, 0.4) is 0 Å². The number of ether oxygens (including phenoxy) is 1. The monoisotopic (exact) mass is 348 g/mol. The van der Waals surface area contributed by atoms with Gasteiger partial charge in [-0.15, -0.1) is 0 Å². The van der Waals surface area contributed by atoms with E-state index in [1.165, 1.54) is 0 Å². The molecule has 6 heteroatoms. The number of benzene rings is 2. The fraction of sp³-hybridized carbons (Fsp3) is 0.150. The van der Waals surface area contributed by atoms with Crippen molar-refractivity contribution in [1.29, 1.82) is 0 Å². The number of anilines is 3. The Morgan fingerprint density at radius 3 is 2.50 bits per heavy atom. The van der Waals surface area contributed by atoms with Crippen LogP contribution in [0.25, 0.3) is 0 Å². The van der Waals surface area contributed by atoms with E-state index < -0.39 is 0 Å². The number of hydrogen-bond acceptors (Lipinski definition) is 5. The minimum Gasteiger partial charge on any atom is -0.494 e. The van der Waals surface area contributed by atoms with E-state index in [9.17, 15) is 4.79 Å². The van der Waals surface area contributed by atoms with Crippen LogP contribution >= 0.6 is 0 Å². The zero-order valence-electron chi connectivity index (χ0n) is 14.7. The molecule has 0 saturated carbocycles. The number of nitrogens with zero attached hydrogens (tertiary/aromatic N) is 3. The standard InChI is InChI=1S/C20H20N4O2/c1-3-26-17-11-9-15(10-12-17)22-20-21-14-13-18(23-20)19(25)24(2)16-7-5-4-6-8-16/h4-14H,3H2,1-2H3,(H,21,22,23). The molecule has 1 N–H and O–H groups in total. The number of hydrogen-bond donors (Lipinski definition) is 1. The second kappa shape index (κ2) is 8.11. The molecule has 0 radical (unpaired) electrons. The van der Waals surface area contributed by atoms with Gasteiger partial charge in [0.25, 0.3) is 5.91 Å². The number of carbonyl (C=O) groups excluding carboxylic acids is 1. The third-order valence-corrected chi connectivity index (χ3v) is 3.74. The van der Waals surface area contributed by atoms with Crippen LogP contribution < -0.4 is 15.0 Å². The van der Waals surface area contributed by atoms with Gasteiger partial charge in [0.1, 0.15) is 11.4 Å². The molecule has 0 fully saturated rings. The first-order valence-corrected chi connectivity index (χ1v) is 8.33. The van der Waals surface area contributed by atoms with E-state index in [0.29, 0.717) is 18.2 Å². The summed E-state index contributed by atoms with van der Waals surface area (Å²) in [6, 6.07) is 18.5. The van der Waals surface area contributed by atoms with Crippen molar-refractivity contribution in [2.45, 2.75) is 6.92 Å². The summed E-state index contributed by atoms with van der Waals surface area (Å²) < 4.78 is 5.42. The van der Waals surface area contributed by atoms with Gasteiger partial charge in [-0.2, -0.15) is 0 Å². The molecule has 0 aliphatic rings. The van der Waals surface area contributed by atoms with Gasteiger partial charge in [-0.05, 0) is 49.4 Å². The fourth-order valence-corrected chi connectivity index (χ4v) is 2.41. The molecule has 132 valence electrons. The maximum atomic E-state index is 12.7. The summed E-state index contributed by atoms with van der Waals surface area (Å²) >= 11 is 0. The molecular formula is C20H20N4O2. The SMILES string of the molecule is CCOc1ccc(Nc2nccc(C(=O)N(C)c3ccccc3)n2)cc1. The Labute approximate surface area is 152 Å². The van der Waals surface area contributed by atoms with Crippen LogP contribution in [0.2, 0.25) is 0 Å². The number of aromatic nitrogens is 2. The van der Waals surface area contributed by atoms with Crippen LogP contribution in [0.5, 0.6) is 5.75 Å². The number of amides is 1. The van der Waals surface area contributed by atoms with Gasteiger partial charge in [-0.25, -0.2) is 9.97 Å². The van der Waals surface area contributed by atoms with Crippen molar-refractivity contribution in [3.8, 4) is 5.75 Å². The molecule has 0 bridgehead atoms. The number of para-hydroxylation sites is 1. The lowest BCUT2D eigenvalue weighted by molar-refractivity contribution is 0.0988. The quantitative estimate of drug-likeness (QED) is 0.732. The molecule has 1 amide bonds. The average molecular weight is 348 g/mol.